The van der Waals surface area contributed by atoms with Crippen molar-refractivity contribution in [1.82, 2.24) is 10.2 Å². The standard InChI is InChI=1S/C13H26N2/c1-13(2,3)11-9-15(10-11)8-4-7-14-12-5-6-12/h11-12,14H,4-10H2,1-3H3. The van der Waals surface area contributed by atoms with E-state index in [1.165, 1.54) is 45.4 Å². The molecule has 0 aromatic carbocycles. The van der Waals surface area contributed by atoms with Crippen LogP contribution in [-0.4, -0.2) is 37.1 Å². The van der Waals surface area contributed by atoms with Gasteiger partial charge in [-0.1, -0.05) is 20.8 Å². The molecule has 1 heterocycles. The molecule has 2 aliphatic rings. The summed E-state index contributed by atoms with van der Waals surface area (Å²) in [6.45, 7) is 12.3. The molecule has 0 bridgehead atoms. The SMILES string of the molecule is CC(C)(C)C1CN(CCCNC2CC2)C1. The Morgan fingerprint density at radius 2 is 1.87 bits per heavy atom. The van der Waals surface area contributed by atoms with Crippen molar-refractivity contribution >= 4 is 0 Å². The molecule has 0 spiro atoms. The monoisotopic (exact) mass is 210 g/mol. The van der Waals surface area contributed by atoms with Crippen LogP contribution in [0.4, 0.5) is 0 Å². The first-order valence-electron chi connectivity index (χ1n) is 6.51. The number of nitrogens with one attached hydrogen (secondary N) is 1. The smallest absolute Gasteiger partial charge is 0.00682 e. The van der Waals surface area contributed by atoms with Crippen molar-refractivity contribution in [3.05, 3.63) is 0 Å². The van der Waals surface area contributed by atoms with E-state index in [9.17, 15) is 0 Å². The van der Waals surface area contributed by atoms with Gasteiger partial charge in [0.05, 0.1) is 0 Å². The van der Waals surface area contributed by atoms with E-state index in [-0.39, 0.29) is 0 Å². The van der Waals surface area contributed by atoms with E-state index in [2.05, 4.69) is 31.0 Å². The Balaban J connectivity index is 1.48. The summed E-state index contributed by atoms with van der Waals surface area (Å²) in [7, 11) is 0. The zero-order valence-corrected chi connectivity index (χ0v) is 10.6. The van der Waals surface area contributed by atoms with Crippen molar-refractivity contribution in [2.24, 2.45) is 11.3 Å². The Labute approximate surface area is 94.4 Å². The highest BCUT2D eigenvalue weighted by atomic mass is 15.2. The van der Waals surface area contributed by atoms with E-state index in [1.54, 1.807) is 0 Å². The molecule has 0 atom stereocenters. The molecule has 1 aliphatic heterocycles. The van der Waals surface area contributed by atoms with Crippen LogP contribution in [0.15, 0.2) is 0 Å². The minimum Gasteiger partial charge on any atom is -0.314 e. The maximum absolute atomic E-state index is 3.57. The van der Waals surface area contributed by atoms with Crippen molar-refractivity contribution in [1.29, 1.82) is 0 Å². The van der Waals surface area contributed by atoms with Gasteiger partial charge in [-0.05, 0) is 43.7 Å². The normalized spacial score (nSPS) is 24.2. The van der Waals surface area contributed by atoms with Gasteiger partial charge in [0, 0.05) is 19.1 Å². The van der Waals surface area contributed by atoms with Gasteiger partial charge in [0.25, 0.3) is 0 Å². The zero-order valence-electron chi connectivity index (χ0n) is 10.6. The summed E-state index contributed by atoms with van der Waals surface area (Å²) >= 11 is 0. The highest BCUT2D eigenvalue weighted by Crippen LogP contribution is 2.33. The Bertz CT molecular complexity index is 197. The van der Waals surface area contributed by atoms with Crippen molar-refractivity contribution < 1.29 is 0 Å². The molecule has 2 fully saturated rings. The van der Waals surface area contributed by atoms with Crippen LogP contribution >= 0.6 is 0 Å². The highest BCUT2D eigenvalue weighted by Gasteiger charge is 2.34. The van der Waals surface area contributed by atoms with Crippen molar-refractivity contribution in [3.8, 4) is 0 Å². The molecular formula is C13H26N2. The van der Waals surface area contributed by atoms with Gasteiger partial charge < -0.3 is 10.2 Å². The Kier molecular flexibility index (Phi) is 3.36. The first kappa shape index (κ1) is 11.4. The van der Waals surface area contributed by atoms with Gasteiger partial charge in [0.2, 0.25) is 0 Å². The van der Waals surface area contributed by atoms with Gasteiger partial charge in [-0.15, -0.1) is 0 Å². The Hall–Kier alpha value is -0.0800. The summed E-state index contributed by atoms with van der Waals surface area (Å²) in [4.78, 5) is 2.60. The van der Waals surface area contributed by atoms with Crippen molar-refractivity contribution in [3.63, 3.8) is 0 Å². The molecule has 1 aliphatic carbocycles. The van der Waals surface area contributed by atoms with Crippen LogP contribution < -0.4 is 5.32 Å². The summed E-state index contributed by atoms with van der Waals surface area (Å²) in [5.74, 6) is 0.925. The Morgan fingerprint density at radius 1 is 1.20 bits per heavy atom. The second-order valence-corrected chi connectivity index (χ2v) is 6.40. The average molecular weight is 210 g/mol. The fourth-order valence-electron chi connectivity index (χ4n) is 2.20. The molecule has 0 aromatic rings. The summed E-state index contributed by atoms with van der Waals surface area (Å²) in [6, 6.07) is 0.878. The van der Waals surface area contributed by atoms with Crippen molar-refractivity contribution in [2.45, 2.75) is 46.1 Å². The number of hydrogen-bond donors (Lipinski definition) is 1. The lowest BCUT2D eigenvalue weighted by Crippen LogP contribution is -2.52. The third kappa shape index (κ3) is 3.46. The predicted octanol–water partition coefficient (Wildman–Crippen LogP) is 2.11. The largest absolute Gasteiger partial charge is 0.314 e. The fraction of sp³-hybridized carbons (Fsp3) is 1.00. The first-order chi connectivity index (χ1) is 7.05. The van der Waals surface area contributed by atoms with E-state index in [0.717, 1.165) is 12.0 Å². The van der Waals surface area contributed by atoms with Crippen LogP contribution in [0.1, 0.15) is 40.0 Å². The van der Waals surface area contributed by atoms with Gasteiger partial charge in [0.15, 0.2) is 0 Å². The maximum atomic E-state index is 3.57. The molecule has 0 aromatic heterocycles. The molecular weight excluding hydrogens is 184 g/mol. The summed E-state index contributed by atoms with van der Waals surface area (Å²) in [5.41, 5.74) is 0.517. The van der Waals surface area contributed by atoms with Crippen LogP contribution in [-0.2, 0) is 0 Å². The lowest BCUT2D eigenvalue weighted by molar-refractivity contribution is 0.0244. The topological polar surface area (TPSA) is 15.3 Å². The minimum absolute atomic E-state index is 0.517. The van der Waals surface area contributed by atoms with E-state index in [4.69, 9.17) is 0 Å². The molecule has 0 unspecified atom stereocenters. The molecule has 2 nitrogen and oxygen atoms in total. The molecule has 2 heteroatoms. The van der Waals surface area contributed by atoms with E-state index in [1.807, 2.05) is 0 Å². The molecule has 2 rings (SSSR count). The minimum atomic E-state index is 0.517. The van der Waals surface area contributed by atoms with Crippen LogP contribution in [0.2, 0.25) is 0 Å². The second-order valence-electron chi connectivity index (χ2n) is 6.40. The molecule has 15 heavy (non-hydrogen) atoms. The summed E-state index contributed by atoms with van der Waals surface area (Å²) in [5, 5.41) is 3.57. The van der Waals surface area contributed by atoms with Crippen LogP contribution in [0.25, 0.3) is 0 Å². The third-order valence-corrected chi connectivity index (χ3v) is 3.84. The number of nitrogens with zero attached hydrogens (tertiary/aromatic N) is 1. The lowest BCUT2D eigenvalue weighted by Gasteiger charge is -2.46. The third-order valence-electron chi connectivity index (χ3n) is 3.84. The first-order valence-corrected chi connectivity index (χ1v) is 6.51. The molecule has 1 N–H and O–H groups in total. The van der Waals surface area contributed by atoms with Crippen LogP contribution in [0, 0.1) is 11.3 Å². The van der Waals surface area contributed by atoms with E-state index >= 15 is 0 Å². The zero-order chi connectivity index (χ0) is 10.9. The quantitative estimate of drug-likeness (QED) is 0.699. The number of hydrogen-bond acceptors (Lipinski definition) is 2. The fourth-order valence-corrected chi connectivity index (χ4v) is 2.20. The van der Waals surface area contributed by atoms with E-state index in [0.29, 0.717) is 5.41 Å². The van der Waals surface area contributed by atoms with E-state index < -0.39 is 0 Å². The molecule has 88 valence electrons. The Morgan fingerprint density at radius 3 is 2.40 bits per heavy atom. The molecule has 0 amide bonds. The lowest BCUT2D eigenvalue weighted by atomic mass is 9.76. The molecule has 1 saturated heterocycles. The van der Waals surface area contributed by atoms with Crippen molar-refractivity contribution in [2.75, 3.05) is 26.2 Å². The maximum Gasteiger partial charge on any atom is 0.00682 e. The highest BCUT2D eigenvalue weighted by molar-refractivity contribution is 4.88. The molecule has 1 saturated carbocycles. The summed E-state index contributed by atoms with van der Waals surface area (Å²) < 4.78 is 0. The van der Waals surface area contributed by atoms with Gasteiger partial charge >= 0.3 is 0 Å². The van der Waals surface area contributed by atoms with Gasteiger partial charge in [-0.2, -0.15) is 0 Å². The van der Waals surface area contributed by atoms with Gasteiger partial charge in [-0.25, -0.2) is 0 Å². The predicted molar refractivity (Wildman–Crippen MR) is 65.0 cm³/mol. The van der Waals surface area contributed by atoms with Gasteiger partial charge in [0.1, 0.15) is 0 Å². The average Bonchev–Trinajstić information content (AvgIpc) is 2.81. The number of likely N-dealkylation sites (tertiary alicyclic amines) is 1. The summed E-state index contributed by atoms with van der Waals surface area (Å²) in [6.07, 6.45) is 4.15. The second kappa shape index (κ2) is 4.42. The molecule has 0 radical (unpaired) electrons. The number of rotatable bonds is 5. The van der Waals surface area contributed by atoms with Crippen LogP contribution in [0.3, 0.4) is 0 Å². The van der Waals surface area contributed by atoms with Crippen LogP contribution in [0.5, 0.6) is 0 Å². The van der Waals surface area contributed by atoms with Gasteiger partial charge in [-0.3, -0.25) is 0 Å².